The Morgan fingerprint density at radius 2 is 1.20 bits per heavy atom. The molecule has 1 nitrogen and oxygen atoms in total. The summed E-state index contributed by atoms with van der Waals surface area (Å²) in [4.78, 5) is 3.98. The molecule has 0 unspecified atom stereocenters. The highest BCUT2D eigenvalue weighted by Gasteiger charge is 2.29. The molecule has 0 radical (unpaired) electrons. The van der Waals surface area contributed by atoms with Crippen molar-refractivity contribution in [3.63, 3.8) is 0 Å². The molecule has 0 N–H and O–H groups in total. The summed E-state index contributed by atoms with van der Waals surface area (Å²) in [5.74, 6) is 0.959. The number of aryl methyl sites for hydroxylation is 1. The highest BCUT2D eigenvalue weighted by atomic mass is 32.2. The zero-order chi connectivity index (χ0) is 17.9. The van der Waals surface area contributed by atoms with Gasteiger partial charge in [0, 0.05) is 6.07 Å². The predicted molar refractivity (Wildman–Crippen MR) is 107 cm³/mol. The molecule has 0 heterocycles. The Bertz CT molecular complexity index is 780. The molecule has 3 aromatic rings. The molecule has 0 fully saturated rings. The molecule has 0 aliphatic heterocycles. The van der Waals surface area contributed by atoms with Crippen molar-refractivity contribution in [2.75, 3.05) is 0 Å². The Morgan fingerprint density at radius 3 is 1.64 bits per heavy atom. The Kier molecular flexibility index (Phi) is 5.19. The zero-order valence-electron chi connectivity index (χ0n) is 15.3. The molecular formula is C23H25OS+. The smallest absolute Gasteiger partial charge is 0.167 e. The van der Waals surface area contributed by atoms with E-state index in [0.29, 0.717) is 0 Å². The first-order valence-corrected chi connectivity index (χ1v) is 9.80. The average Bonchev–Trinajstić information content (AvgIpc) is 2.58. The number of hydrogen-bond donors (Lipinski definition) is 0. The quantitative estimate of drug-likeness (QED) is 0.505. The Labute approximate surface area is 154 Å². The van der Waals surface area contributed by atoms with Crippen LogP contribution in [0, 0.1) is 6.92 Å². The average molecular weight is 350 g/mol. The lowest BCUT2D eigenvalue weighted by Crippen LogP contribution is -2.23. The van der Waals surface area contributed by atoms with Gasteiger partial charge in [0.05, 0.1) is 10.9 Å². The third-order valence-electron chi connectivity index (χ3n) is 3.76. The van der Waals surface area contributed by atoms with Crippen molar-refractivity contribution in [2.24, 2.45) is 0 Å². The Balaban J connectivity index is 2.04. The van der Waals surface area contributed by atoms with Gasteiger partial charge in [0.15, 0.2) is 14.7 Å². The second kappa shape index (κ2) is 7.37. The van der Waals surface area contributed by atoms with E-state index in [-0.39, 0.29) is 16.5 Å². The summed E-state index contributed by atoms with van der Waals surface area (Å²) in [7, 11) is -0.112. The van der Waals surface area contributed by atoms with E-state index in [1.807, 2.05) is 0 Å². The van der Waals surface area contributed by atoms with Crippen molar-refractivity contribution in [2.45, 2.75) is 48.0 Å². The van der Waals surface area contributed by atoms with E-state index in [1.54, 1.807) is 0 Å². The van der Waals surface area contributed by atoms with Gasteiger partial charge in [-0.15, -0.1) is 0 Å². The van der Waals surface area contributed by atoms with Gasteiger partial charge in [-0.3, -0.25) is 0 Å². The molecular weight excluding hydrogens is 324 g/mol. The van der Waals surface area contributed by atoms with E-state index in [4.69, 9.17) is 4.74 Å². The van der Waals surface area contributed by atoms with Gasteiger partial charge in [0.2, 0.25) is 0 Å². The van der Waals surface area contributed by atoms with Gasteiger partial charge in [-0.05, 0) is 69.7 Å². The summed E-state index contributed by atoms with van der Waals surface area (Å²) in [6.45, 7) is 8.37. The van der Waals surface area contributed by atoms with Crippen LogP contribution in [-0.2, 0) is 10.9 Å². The van der Waals surface area contributed by atoms with Crippen LogP contribution in [-0.4, -0.2) is 5.60 Å². The summed E-state index contributed by atoms with van der Waals surface area (Å²) in [5, 5.41) is 0. The highest BCUT2D eigenvalue weighted by Crippen LogP contribution is 2.34. The second-order valence-electron chi connectivity index (χ2n) is 7.07. The van der Waals surface area contributed by atoms with Gasteiger partial charge in [0.1, 0.15) is 11.4 Å². The second-order valence-corrected chi connectivity index (χ2v) is 9.10. The van der Waals surface area contributed by atoms with E-state index in [0.717, 1.165) is 5.75 Å². The number of rotatable bonds is 4. The molecule has 0 amide bonds. The van der Waals surface area contributed by atoms with Crippen LogP contribution < -0.4 is 4.74 Å². The number of hydrogen-bond acceptors (Lipinski definition) is 1. The standard InChI is InChI=1S/C23H25OS/c1-18-17-21(15-16-22(18)24-23(2,3)4)25(19-11-7-5-8-12-19)20-13-9-6-10-14-20/h5-17H,1-4H3/q+1. The molecule has 0 aliphatic rings. The molecule has 0 aliphatic carbocycles. The molecule has 3 aromatic carbocycles. The van der Waals surface area contributed by atoms with Crippen LogP contribution in [0.5, 0.6) is 5.75 Å². The summed E-state index contributed by atoms with van der Waals surface area (Å²) >= 11 is 0. The van der Waals surface area contributed by atoms with Crippen LogP contribution in [0.3, 0.4) is 0 Å². The maximum atomic E-state index is 6.08. The number of ether oxygens (including phenoxy) is 1. The van der Waals surface area contributed by atoms with Crippen molar-refractivity contribution in [1.82, 2.24) is 0 Å². The lowest BCUT2D eigenvalue weighted by molar-refractivity contribution is 0.130. The molecule has 3 rings (SSSR count). The summed E-state index contributed by atoms with van der Waals surface area (Å²) < 4.78 is 6.08. The molecule has 0 atom stereocenters. The minimum absolute atomic E-state index is 0.112. The van der Waals surface area contributed by atoms with Gasteiger partial charge in [-0.25, -0.2) is 0 Å². The first-order valence-electron chi connectivity index (χ1n) is 8.58. The molecule has 128 valence electrons. The first kappa shape index (κ1) is 17.6. The van der Waals surface area contributed by atoms with E-state index in [1.165, 1.54) is 20.2 Å². The normalized spacial score (nSPS) is 11.6. The minimum Gasteiger partial charge on any atom is -0.488 e. The van der Waals surface area contributed by atoms with Gasteiger partial charge in [-0.1, -0.05) is 36.4 Å². The van der Waals surface area contributed by atoms with E-state index in [9.17, 15) is 0 Å². The van der Waals surface area contributed by atoms with Crippen LogP contribution >= 0.6 is 0 Å². The molecule has 0 saturated carbocycles. The van der Waals surface area contributed by atoms with Crippen molar-refractivity contribution in [3.05, 3.63) is 84.4 Å². The molecule has 0 bridgehead atoms. The highest BCUT2D eigenvalue weighted by molar-refractivity contribution is 7.97. The third-order valence-corrected chi connectivity index (χ3v) is 5.97. The minimum atomic E-state index is -0.188. The van der Waals surface area contributed by atoms with Crippen LogP contribution in [0.1, 0.15) is 26.3 Å². The van der Waals surface area contributed by atoms with Crippen molar-refractivity contribution >= 4 is 10.9 Å². The van der Waals surface area contributed by atoms with Crippen molar-refractivity contribution < 1.29 is 4.74 Å². The van der Waals surface area contributed by atoms with Gasteiger partial charge >= 0.3 is 0 Å². The maximum Gasteiger partial charge on any atom is 0.167 e. The first-order chi connectivity index (χ1) is 11.9. The predicted octanol–water partition coefficient (Wildman–Crippen LogP) is 6.27. The van der Waals surface area contributed by atoms with Crippen molar-refractivity contribution in [1.29, 1.82) is 0 Å². The fourth-order valence-corrected chi connectivity index (χ4v) is 4.89. The SMILES string of the molecule is Cc1cc([S+](c2ccccc2)c2ccccc2)ccc1OC(C)(C)C. The van der Waals surface area contributed by atoms with E-state index < -0.39 is 0 Å². The topological polar surface area (TPSA) is 9.23 Å². The Morgan fingerprint density at radius 1 is 0.680 bits per heavy atom. The van der Waals surface area contributed by atoms with Crippen LogP contribution in [0.2, 0.25) is 0 Å². The monoisotopic (exact) mass is 349 g/mol. The third kappa shape index (κ3) is 4.46. The summed E-state index contributed by atoms with van der Waals surface area (Å²) in [6, 6.07) is 28.0. The fraction of sp³-hybridized carbons (Fsp3) is 0.217. The van der Waals surface area contributed by atoms with Gasteiger partial charge in [-0.2, -0.15) is 0 Å². The summed E-state index contributed by atoms with van der Waals surface area (Å²) in [5.41, 5.74) is 0.990. The Hall–Kier alpha value is -2.19. The van der Waals surface area contributed by atoms with Crippen LogP contribution in [0.25, 0.3) is 0 Å². The largest absolute Gasteiger partial charge is 0.488 e. The molecule has 2 heteroatoms. The molecule has 0 aromatic heterocycles. The van der Waals surface area contributed by atoms with E-state index in [2.05, 4.69) is 107 Å². The molecule has 0 spiro atoms. The van der Waals surface area contributed by atoms with Crippen LogP contribution in [0.15, 0.2) is 93.5 Å². The zero-order valence-corrected chi connectivity index (χ0v) is 16.1. The lowest BCUT2D eigenvalue weighted by Gasteiger charge is -2.22. The molecule has 25 heavy (non-hydrogen) atoms. The number of benzene rings is 3. The van der Waals surface area contributed by atoms with Gasteiger partial charge in [0.25, 0.3) is 0 Å². The van der Waals surface area contributed by atoms with Crippen LogP contribution in [0.4, 0.5) is 0 Å². The van der Waals surface area contributed by atoms with Gasteiger partial charge < -0.3 is 4.74 Å². The lowest BCUT2D eigenvalue weighted by atomic mass is 10.1. The molecule has 0 saturated heterocycles. The van der Waals surface area contributed by atoms with Crippen molar-refractivity contribution in [3.8, 4) is 5.75 Å². The summed E-state index contributed by atoms with van der Waals surface area (Å²) in [6.07, 6.45) is 0. The fourth-order valence-electron chi connectivity index (χ4n) is 2.71. The maximum absolute atomic E-state index is 6.08. The van der Waals surface area contributed by atoms with E-state index >= 15 is 0 Å².